The number of allylic oxidation sites excluding steroid dienone is 1. The maximum Gasteiger partial charge on any atom is 0.175 e. The highest BCUT2D eigenvalue weighted by Crippen LogP contribution is 2.35. The van der Waals surface area contributed by atoms with Crippen LogP contribution in [0.4, 0.5) is 0 Å². The predicted molar refractivity (Wildman–Crippen MR) is 77.3 cm³/mol. The average Bonchev–Trinajstić information content (AvgIpc) is 2.50. The standard InChI is InChI=1S/C16H28O4/c1-3-5-6-7-14-9-19-16(8-4-2,20-10-14)15-11-17-13-18-12-15/h6-7,14-15H,3-5,8-13H2,1-2H3/b7-6+/t14-,16-. The second-order valence-electron chi connectivity index (χ2n) is 5.72. The van der Waals surface area contributed by atoms with Crippen molar-refractivity contribution < 1.29 is 18.9 Å². The lowest BCUT2D eigenvalue weighted by molar-refractivity contribution is -0.330. The number of rotatable bonds is 6. The molecule has 20 heavy (non-hydrogen) atoms. The Morgan fingerprint density at radius 1 is 1.00 bits per heavy atom. The van der Waals surface area contributed by atoms with Gasteiger partial charge in [0.2, 0.25) is 0 Å². The normalized spacial score (nSPS) is 32.8. The van der Waals surface area contributed by atoms with E-state index in [-0.39, 0.29) is 5.92 Å². The van der Waals surface area contributed by atoms with Crippen LogP contribution >= 0.6 is 0 Å². The molecular weight excluding hydrogens is 256 g/mol. The average molecular weight is 284 g/mol. The Kier molecular flexibility index (Phi) is 6.49. The lowest BCUT2D eigenvalue weighted by Gasteiger charge is -2.45. The van der Waals surface area contributed by atoms with Crippen LogP contribution in [-0.2, 0) is 18.9 Å². The summed E-state index contributed by atoms with van der Waals surface area (Å²) in [6.45, 7) is 7.53. The van der Waals surface area contributed by atoms with Crippen LogP contribution in [0.15, 0.2) is 12.2 Å². The van der Waals surface area contributed by atoms with Crippen molar-refractivity contribution in [1.29, 1.82) is 0 Å². The van der Waals surface area contributed by atoms with Crippen LogP contribution in [0.25, 0.3) is 0 Å². The second kappa shape index (κ2) is 8.13. The van der Waals surface area contributed by atoms with Gasteiger partial charge >= 0.3 is 0 Å². The lowest BCUT2D eigenvalue weighted by Crippen LogP contribution is -2.53. The molecule has 0 saturated carbocycles. The molecule has 4 heteroatoms. The molecule has 0 aromatic carbocycles. The summed E-state index contributed by atoms with van der Waals surface area (Å²) < 4.78 is 23.1. The van der Waals surface area contributed by atoms with Crippen LogP contribution < -0.4 is 0 Å². The largest absolute Gasteiger partial charge is 0.355 e. The van der Waals surface area contributed by atoms with Crippen molar-refractivity contribution in [2.24, 2.45) is 11.8 Å². The number of hydrogen-bond acceptors (Lipinski definition) is 4. The third-order valence-electron chi connectivity index (χ3n) is 3.97. The fourth-order valence-electron chi connectivity index (χ4n) is 2.83. The molecule has 4 nitrogen and oxygen atoms in total. The summed E-state index contributed by atoms with van der Waals surface area (Å²) in [6, 6.07) is 0. The van der Waals surface area contributed by atoms with E-state index >= 15 is 0 Å². The van der Waals surface area contributed by atoms with Gasteiger partial charge in [-0.1, -0.05) is 38.8 Å². The molecule has 0 atom stereocenters. The van der Waals surface area contributed by atoms with E-state index in [0.29, 0.717) is 25.9 Å². The molecule has 0 spiro atoms. The van der Waals surface area contributed by atoms with E-state index in [1.165, 1.54) is 6.42 Å². The minimum atomic E-state index is -0.510. The molecule has 0 radical (unpaired) electrons. The summed E-state index contributed by atoms with van der Waals surface area (Å²) in [7, 11) is 0. The first-order valence-corrected chi connectivity index (χ1v) is 7.90. The first-order chi connectivity index (χ1) is 9.80. The van der Waals surface area contributed by atoms with Gasteiger partial charge < -0.3 is 18.9 Å². The Hall–Kier alpha value is -0.420. The maximum atomic E-state index is 6.16. The van der Waals surface area contributed by atoms with Crippen molar-refractivity contribution in [3.63, 3.8) is 0 Å². The zero-order chi connectivity index (χ0) is 14.3. The van der Waals surface area contributed by atoms with E-state index in [4.69, 9.17) is 18.9 Å². The highest BCUT2D eigenvalue weighted by Gasteiger charge is 2.44. The summed E-state index contributed by atoms with van der Waals surface area (Å²) in [5.41, 5.74) is 0. The van der Waals surface area contributed by atoms with Gasteiger partial charge in [-0.25, -0.2) is 0 Å². The van der Waals surface area contributed by atoms with Gasteiger partial charge in [0.05, 0.1) is 32.3 Å². The molecule has 2 rings (SSSR count). The minimum absolute atomic E-state index is 0.178. The second-order valence-corrected chi connectivity index (χ2v) is 5.72. The van der Waals surface area contributed by atoms with E-state index in [2.05, 4.69) is 26.0 Å². The van der Waals surface area contributed by atoms with Crippen LogP contribution in [-0.4, -0.2) is 39.0 Å². The molecule has 0 aliphatic carbocycles. The summed E-state index contributed by atoms with van der Waals surface area (Å²) in [6.07, 6.45) is 8.70. The molecule has 116 valence electrons. The molecule has 0 N–H and O–H groups in total. The van der Waals surface area contributed by atoms with Gasteiger partial charge in [0, 0.05) is 12.3 Å². The molecule has 0 aromatic heterocycles. The summed E-state index contributed by atoms with van der Waals surface area (Å²) in [4.78, 5) is 0. The number of ether oxygens (including phenoxy) is 4. The molecule has 2 aliphatic heterocycles. The smallest absolute Gasteiger partial charge is 0.175 e. The van der Waals surface area contributed by atoms with Crippen LogP contribution in [0.1, 0.15) is 39.5 Å². The van der Waals surface area contributed by atoms with Gasteiger partial charge in [-0.05, 0) is 6.42 Å². The van der Waals surface area contributed by atoms with Crippen molar-refractivity contribution >= 4 is 0 Å². The van der Waals surface area contributed by atoms with Crippen molar-refractivity contribution in [1.82, 2.24) is 0 Å². The van der Waals surface area contributed by atoms with Gasteiger partial charge in [-0.2, -0.15) is 0 Å². The fraction of sp³-hybridized carbons (Fsp3) is 0.875. The first kappa shape index (κ1) is 16.0. The van der Waals surface area contributed by atoms with Gasteiger partial charge in [-0.3, -0.25) is 0 Å². The molecule has 2 fully saturated rings. The zero-order valence-corrected chi connectivity index (χ0v) is 12.8. The van der Waals surface area contributed by atoms with Crippen molar-refractivity contribution in [3.8, 4) is 0 Å². The monoisotopic (exact) mass is 284 g/mol. The molecule has 0 aromatic rings. The van der Waals surface area contributed by atoms with Crippen LogP contribution in [0, 0.1) is 11.8 Å². The molecule has 2 heterocycles. The van der Waals surface area contributed by atoms with Crippen molar-refractivity contribution in [2.75, 3.05) is 33.2 Å². The molecule has 2 saturated heterocycles. The van der Waals surface area contributed by atoms with Crippen molar-refractivity contribution in [3.05, 3.63) is 12.2 Å². The Morgan fingerprint density at radius 3 is 2.30 bits per heavy atom. The SMILES string of the molecule is CCC/C=C/[C@H]1CO[C@](CCC)(C2COCOC2)OC1. The molecular formula is C16H28O4. The maximum absolute atomic E-state index is 6.16. The highest BCUT2D eigenvalue weighted by atomic mass is 16.7. The van der Waals surface area contributed by atoms with E-state index in [1.807, 2.05) is 0 Å². The third-order valence-corrected chi connectivity index (χ3v) is 3.97. The van der Waals surface area contributed by atoms with Crippen LogP contribution in [0.3, 0.4) is 0 Å². The van der Waals surface area contributed by atoms with Gasteiger partial charge in [-0.15, -0.1) is 0 Å². The molecule has 0 bridgehead atoms. The molecule has 0 unspecified atom stereocenters. The summed E-state index contributed by atoms with van der Waals surface area (Å²) in [5, 5.41) is 0. The minimum Gasteiger partial charge on any atom is -0.355 e. The Morgan fingerprint density at radius 2 is 1.70 bits per heavy atom. The number of hydrogen-bond donors (Lipinski definition) is 0. The first-order valence-electron chi connectivity index (χ1n) is 7.90. The van der Waals surface area contributed by atoms with E-state index < -0.39 is 5.79 Å². The van der Waals surface area contributed by atoms with E-state index in [9.17, 15) is 0 Å². The quantitative estimate of drug-likeness (QED) is 0.702. The third kappa shape index (κ3) is 4.04. The predicted octanol–water partition coefficient (Wildman–Crippen LogP) is 3.12. The van der Waals surface area contributed by atoms with Crippen LogP contribution in [0.2, 0.25) is 0 Å². The highest BCUT2D eigenvalue weighted by molar-refractivity contribution is 4.92. The summed E-state index contributed by atoms with van der Waals surface area (Å²) in [5.74, 6) is 0.0401. The molecule has 2 aliphatic rings. The number of unbranched alkanes of at least 4 members (excludes halogenated alkanes) is 1. The zero-order valence-electron chi connectivity index (χ0n) is 12.8. The van der Waals surface area contributed by atoms with Gasteiger partial charge in [0.15, 0.2) is 5.79 Å². The Labute approximate surface area is 122 Å². The topological polar surface area (TPSA) is 36.9 Å². The van der Waals surface area contributed by atoms with E-state index in [1.54, 1.807) is 0 Å². The van der Waals surface area contributed by atoms with E-state index in [0.717, 1.165) is 32.5 Å². The Bertz CT molecular complexity index is 289. The fourth-order valence-corrected chi connectivity index (χ4v) is 2.83. The van der Waals surface area contributed by atoms with Crippen molar-refractivity contribution in [2.45, 2.75) is 45.3 Å². The summed E-state index contributed by atoms with van der Waals surface area (Å²) >= 11 is 0. The van der Waals surface area contributed by atoms with Crippen LogP contribution in [0.5, 0.6) is 0 Å². The lowest BCUT2D eigenvalue weighted by atomic mass is 9.93. The van der Waals surface area contributed by atoms with Gasteiger partial charge in [0.1, 0.15) is 6.79 Å². The van der Waals surface area contributed by atoms with Gasteiger partial charge in [0.25, 0.3) is 0 Å². The Balaban J connectivity index is 1.91. The molecule has 0 amide bonds.